The molecule has 2 amide bonds. The largest absolute Gasteiger partial charge is 0.384 e. The van der Waals surface area contributed by atoms with E-state index in [0.717, 1.165) is 5.56 Å². The molecule has 2 aromatic carbocycles. The number of nitrogens with zero attached hydrogens (tertiary/aromatic N) is 1. The second-order valence-electron chi connectivity index (χ2n) is 9.18. The van der Waals surface area contributed by atoms with Gasteiger partial charge in [0.15, 0.2) is 0 Å². The zero-order valence-electron chi connectivity index (χ0n) is 18.6. The normalized spacial score (nSPS) is 22.5. The Labute approximate surface area is 189 Å². The number of aliphatic hydroxyl groups is 1. The maximum atomic E-state index is 13.2. The Bertz CT molecular complexity index is 930. The van der Waals surface area contributed by atoms with Crippen LogP contribution in [0.25, 0.3) is 0 Å². The van der Waals surface area contributed by atoms with Gasteiger partial charge in [-0.15, -0.1) is 0 Å². The third kappa shape index (κ3) is 4.78. The van der Waals surface area contributed by atoms with Gasteiger partial charge in [-0.3, -0.25) is 9.59 Å². The lowest BCUT2D eigenvalue weighted by molar-refractivity contribution is -0.156. The Hall–Kier alpha value is -2.37. The number of rotatable bonds is 5. The molecule has 0 radical (unpaired) electrons. The summed E-state index contributed by atoms with van der Waals surface area (Å²) < 4.78 is 0. The first-order valence-electron chi connectivity index (χ1n) is 10.7. The summed E-state index contributed by atoms with van der Waals surface area (Å²) in [6.07, 6.45) is 0.435. The first-order valence-corrected chi connectivity index (χ1v) is 11.1. The minimum atomic E-state index is -1.05. The van der Waals surface area contributed by atoms with E-state index in [9.17, 15) is 14.7 Å². The van der Waals surface area contributed by atoms with Crippen molar-refractivity contribution in [1.82, 2.24) is 10.2 Å². The average Bonchev–Trinajstić information content (AvgIpc) is 2.75. The molecule has 3 atom stereocenters. The highest BCUT2D eigenvalue weighted by atomic mass is 35.5. The molecule has 31 heavy (non-hydrogen) atoms. The van der Waals surface area contributed by atoms with Crippen LogP contribution in [-0.4, -0.2) is 41.0 Å². The van der Waals surface area contributed by atoms with E-state index >= 15 is 0 Å². The number of halogens is 1. The Balaban J connectivity index is 1.67. The quantitative estimate of drug-likeness (QED) is 0.727. The van der Waals surface area contributed by atoms with E-state index in [4.69, 9.17) is 11.6 Å². The molecule has 1 saturated heterocycles. The van der Waals surface area contributed by atoms with Crippen molar-refractivity contribution < 1.29 is 14.7 Å². The fourth-order valence-electron chi connectivity index (χ4n) is 4.28. The van der Waals surface area contributed by atoms with Crippen LogP contribution in [0.2, 0.25) is 5.02 Å². The van der Waals surface area contributed by atoms with E-state index in [1.165, 1.54) is 0 Å². The van der Waals surface area contributed by atoms with Gasteiger partial charge in [0.25, 0.3) is 5.91 Å². The fraction of sp³-hybridized carbons (Fsp3) is 0.440. The van der Waals surface area contributed by atoms with Gasteiger partial charge < -0.3 is 15.3 Å². The SMILES string of the molecule is CC(NC(=O)c1ccccc1)[C@@H](C)C(=O)N1CC[C@](O)(c2ccc(Cl)cc2)C(C)(C)C1. The molecule has 0 bridgehead atoms. The maximum Gasteiger partial charge on any atom is 0.251 e. The maximum absolute atomic E-state index is 13.2. The summed E-state index contributed by atoms with van der Waals surface area (Å²) in [5.74, 6) is -0.596. The Morgan fingerprint density at radius 2 is 1.68 bits per heavy atom. The molecule has 166 valence electrons. The van der Waals surface area contributed by atoms with Gasteiger partial charge in [0, 0.05) is 35.1 Å². The van der Waals surface area contributed by atoms with Gasteiger partial charge in [0.1, 0.15) is 0 Å². The van der Waals surface area contributed by atoms with Crippen molar-refractivity contribution in [3.63, 3.8) is 0 Å². The van der Waals surface area contributed by atoms with Crippen molar-refractivity contribution in [3.05, 3.63) is 70.7 Å². The molecule has 1 aliphatic rings. The predicted molar refractivity (Wildman–Crippen MR) is 123 cm³/mol. The molecule has 2 N–H and O–H groups in total. The number of benzene rings is 2. The summed E-state index contributed by atoms with van der Waals surface area (Å²) >= 11 is 6.01. The fourth-order valence-corrected chi connectivity index (χ4v) is 4.40. The van der Waals surface area contributed by atoms with E-state index in [0.29, 0.717) is 30.1 Å². The summed E-state index contributed by atoms with van der Waals surface area (Å²) in [6.45, 7) is 8.52. The van der Waals surface area contributed by atoms with Crippen LogP contribution >= 0.6 is 11.6 Å². The highest BCUT2D eigenvalue weighted by molar-refractivity contribution is 6.30. The third-order valence-electron chi connectivity index (χ3n) is 6.62. The number of amides is 2. The smallest absolute Gasteiger partial charge is 0.251 e. The number of hydrogen-bond acceptors (Lipinski definition) is 3. The molecule has 2 aromatic rings. The van der Waals surface area contributed by atoms with Gasteiger partial charge in [-0.25, -0.2) is 0 Å². The predicted octanol–water partition coefficient (Wildman–Crippen LogP) is 4.24. The topological polar surface area (TPSA) is 69.6 Å². The standard InChI is InChI=1S/C25H31ClN2O3/c1-17(18(2)27-22(29)19-8-6-5-7-9-19)23(30)28-15-14-25(31,24(3,4)16-28)20-10-12-21(26)13-11-20/h5-13,17-18,31H,14-16H2,1-4H3,(H,27,29)/t17-,18?,25+/m1/s1. The first-order chi connectivity index (χ1) is 14.5. The molecule has 0 aliphatic carbocycles. The van der Waals surface area contributed by atoms with Crippen LogP contribution in [-0.2, 0) is 10.4 Å². The van der Waals surface area contributed by atoms with Gasteiger partial charge in [0.2, 0.25) is 5.91 Å². The third-order valence-corrected chi connectivity index (χ3v) is 6.87. The highest BCUT2D eigenvalue weighted by Crippen LogP contribution is 2.46. The number of likely N-dealkylation sites (tertiary alicyclic amines) is 1. The van der Waals surface area contributed by atoms with Gasteiger partial charge in [-0.2, -0.15) is 0 Å². The molecule has 6 heteroatoms. The van der Waals surface area contributed by atoms with Crippen LogP contribution in [0, 0.1) is 11.3 Å². The van der Waals surface area contributed by atoms with Crippen LogP contribution < -0.4 is 5.32 Å². The molecule has 1 unspecified atom stereocenters. The lowest BCUT2D eigenvalue weighted by Gasteiger charge is -2.51. The number of nitrogens with one attached hydrogen (secondary N) is 1. The molecular weight excluding hydrogens is 412 g/mol. The molecule has 3 rings (SSSR count). The van der Waals surface area contributed by atoms with Gasteiger partial charge in [-0.05, 0) is 43.2 Å². The average molecular weight is 443 g/mol. The van der Waals surface area contributed by atoms with Crippen LogP contribution in [0.1, 0.15) is 50.0 Å². The first kappa shape index (κ1) is 23.3. The van der Waals surface area contributed by atoms with E-state index < -0.39 is 11.0 Å². The van der Waals surface area contributed by atoms with E-state index in [1.54, 1.807) is 29.2 Å². The number of piperidine rings is 1. The van der Waals surface area contributed by atoms with Crippen LogP contribution in [0.4, 0.5) is 0 Å². The Morgan fingerprint density at radius 1 is 1.06 bits per heavy atom. The van der Waals surface area contributed by atoms with Crippen LogP contribution in [0.3, 0.4) is 0 Å². The Kier molecular flexibility index (Phi) is 6.77. The number of hydrogen-bond donors (Lipinski definition) is 2. The zero-order chi connectivity index (χ0) is 22.8. The molecule has 1 aliphatic heterocycles. The molecule has 0 saturated carbocycles. The highest BCUT2D eigenvalue weighted by Gasteiger charge is 2.50. The molecule has 0 aromatic heterocycles. The molecule has 1 heterocycles. The van der Waals surface area contributed by atoms with Crippen molar-refractivity contribution in [2.24, 2.45) is 11.3 Å². The van der Waals surface area contributed by atoms with Crippen molar-refractivity contribution >= 4 is 23.4 Å². The van der Waals surface area contributed by atoms with E-state index in [-0.39, 0.29) is 23.8 Å². The Morgan fingerprint density at radius 3 is 2.26 bits per heavy atom. The van der Waals surface area contributed by atoms with Crippen molar-refractivity contribution in [3.8, 4) is 0 Å². The lowest BCUT2D eigenvalue weighted by atomic mass is 9.66. The number of carbonyl (C=O) groups excluding carboxylic acids is 2. The van der Waals surface area contributed by atoms with Gasteiger partial charge in [0.05, 0.1) is 11.5 Å². The van der Waals surface area contributed by atoms with E-state index in [2.05, 4.69) is 5.32 Å². The van der Waals surface area contributed by atoms with Crippen molar-refractivity contribution in [2.75, 3.05) is 13.1 Å². The van der Waals surface area contributed by atoms with Crippen molar-refractivity contribution in [2.45, 2.75) is 45.8 Å². The second-order valence-corrected chi connectivity index (χ2v) is 9.61. The lowest BCUT2D eigenvalue weighted by Crippen LogP contribution is -2.58. The minimum absolute atomic E-state index is 0.0212. The summed E-state index contributed by atoms with van der Waals surface area (Å²) in [5, 5.41) is 15.1. The van der Waals surface area contributed by atoms with Gasteiger partial charge in [-0.1, -0.05) is 62.7 Å². The van der Waals surface area contributed by atoms with Crippen molar-refractivity contribution in [1.29, 1.82) is 0 Å². The molecular formula is C25H31ClN2O3. The molecule has 1 fully saturated rings. The minimum Gasteiger partial charge on any atom is -0.384 e. The molecule has 5 nitrogen and oxygen atoms in total. The summed E-state index contributed by atoms with van der Waals surface area (Å²) in [4.78, 5) is 27.5. The number of carbonyl (C=O) groups is 2. The molecule has 0 spiro atoms. The van der Waals surface area contributed by atoms with Crippen LogP contribution in [0.15, 0.2) is 54.6 Å². The van der Waals surface area contributed by atoms with Crippen LogP contribution in [0.5, 0.6) is 0 Å². The monoisotopic (exact) mass is 442 g/mol. The van der Waals surface area contributed by atoms with E-state index in [1.807, 2.05) is 58.0 Å². The summed E-state index contributed by atoms with van der Waals surface area (Å²) in [7, 11) is 0. The summed E-state index contributed by atoms with van der Waals surface area (Å²) in [5.41, 5.74) is -0.220. The zero-order valence-corrected chi connectivity index (χ0v) is 19.3. The summed E-state index contributed by atoms with van der Waals surface area (Å²) in [6, 6.07) is 15.9. The van der Waals surface area contributed by atoms with Gasteiger partial charge >= 0.3 is 0 Å². The second kappa shape index (κ2) is 9.01.